The number of benzene rings is 1. The van der Waals surface area contributed by atoms with E-state index in [2.05, 4.69) is 0 Å². The predicted octanol–water partition coefficient (Wildman–Crippen LogP) is 5.18. The van der Waals surface area contributed by atoms with Crippen LogP contribution in [0.4, 0.5) is 0 Å². The molecule has 1 amide bonds. The van der Waals surface area contributed by atoms with Gasteiger partial charge in [0.25, 0.3) is 11.7 Å². The fourth-order valence-corrected chi connectivity index (χ4v) is 12.8. The third-order valence-corrected chi connectivity index (χ3v) is 17.8. The van der Waals surface area contributed by atoms with E-state index in [1.807, 2.05) is 45.9 Å². The zero-order chi connectivity index (χ0) is 56.9. The van der Waals surface area contributed by atoms with Gasteiger partial charge in [0.05, 0.1) is 54.2 Å². The smallest absolute Gasteiger partial charge is 0.352 e. The van der Waals surface area contributed by atoms with E-state index in [0.29, 0.717) is 68.2 Å². The molecule has 19 heteroatoms. The van der Waals surface area contributed by atoms with Crippen LogP contribution < -0.4 is 11.4 Å². The summed E-state index contributed by atoms with van der Waals surface area (Å²) in [5, 5.41) is 46.4. The number of hydrogen-bond acceptors (Lipinski definition) is 15. The van der Waals surface area contributed by atoms with Gasteiger partial charge in [-0.1, -0.05) is 77.1 Å². The second kappa shape index (κ2) is 26.2. The number of methoxy groups -OCH3 is 3. The van der Waals surface area contributed by atoms with Crippen molar-refractivity contribution >= 4 is 23.4 Å². The number of amides is 1. The molecule has 78 heavy (non-hydrogen) atoms. The summed E-state index contributed by atoms with van der Waals surface area (Å²) in [7, 11) is 4.47. The minimum atomic E-state index is -2.49. The molecule has 4 N–H and O–H groups in total. The number of rotatable bonds is 7. The highest BCUT2D eigenvalue weighted by molar-refractivity contribution is 6.38. The summed E-state index contributed by atoms with van der Waals surface area (Å²) in [6.45, 7) is 12.5. The number of carbonyl (C=O) groups excluding carboxylic acids is 4. The molecule has 432 valence electrons. The molecule has 1 aromatic carbocycles. The number of aliphatic hydroxyl groups is 4. The Kier molecular flexibility index (Phi) is 20.4. The maximum Gasteiger partial charge on any atom is 0.352 e. The Labute approximate surface area is 458 Å². The van der Waals surface area contributed by atoms with Gasteiger partial charge in [-0.05, 0) is 119 Å². The number of allylic oxidation sites excluding steroid dienone is 4. The highest BCUT2D eigenvalue weighted by Crippen LogP contribution is 2.39. The van der Waals surface area contributed by atoms with Crippen LogP contribution in [0.25, 0.3) is 5.69 Å². The van der Waals surface area contributed by atoms with Gasteiger partial charge in [0.1, 0.15) is 24.1 Å². The molecule has 6 bridgehead atoms. The molecule has 0 radical (unpaired) electrons. The third kappa shape index (κ3) is 13.1. The largest absolute Gasteiger partial charge is 0.461 e. The molecule has 0 spiro atoms. The van der Waals surface area contributed by atoms with E-state index >= 15 is 0 Å². The number of aromatic nitrogens is 3. The number of hydrogen-bond donors (Lipinski definition) is 4. The van der Waals surface area contributed by atoms with Crippen LogP contribution in [0, 0.1) is 41.4 Å². The van der Waals surface area contributed by atoms with E-state index in [9.17, 15) is 49.2 Å². The summed E-state index contributed by atoms with van der Waals surface area (Å²) in [5.74, 6) is -8.93. The van der Waals surface area contributed by atoms with Gasteiger partial charge in [0.15, 0.2) is 0 Å². The number of piperidine rings is 1. The Balaban J connectivity index is 1.24. The van der Waals surface area contributed by atoms with E-state index in [4.69, 9.17) is 23.7 Å². The summed E-state index contributed by atoms with van der Waals surface area (Å²) in [5.41, 5.74) is 0.295. The van der Waals surface area contributed by atoms with Crippen molar-refractivity contribution in [2.75, 3.05) is 34.4 Å². The van der Waals surface area contributed by atoms with Crippen LogP contribution in [0.2, 0.25) is 0 Å². The minimum Gasteiger partial charge on any atom is -0.461 e. The topological polar surface area (TPSA) is 248 Å². The van der Waals surface area contributed by atoms with Crippen LogP contribution in [0.15, 0.2) is 75.4 Å². The number of ether oxygens (including phenoxy) is 5. The molecule has 2 saturated heterocycles. The number of nitrogens with zero attached hydrogens (tertiary/aromatic N) is 4. The molecule has 1 aromatic heterocycles. The molecule has 2 aromatic rings. The van der Waals surface area contributed by atoms with Gasteiger partial charge in [-0.25, -0.2) is 23.5 Å². The van der Waals surface area contributed by atoms with Crippen LogP contribution in [-0.2, 0) is 42.9 Å². The second-order valence-corrected chi connectivity index (χ2v) is 23.4. The fourth-order valence-electron chi connectivity index (χ4n) is 12.8. The number of ketones is 2. The standard InChI is InChI=1S/C59H86N4O15/c1-33-25-37(5)51(66)53(76-10)52(67)38(6)26-34(2)47(65)31-49(35(3)27-40-19-23-46(64)50(29-40)75-9)77-56(70)41-15-14-24-60(32-41)55(69)54(68)59(73)39(7)18-21-44(78-59)30-48(74-8)36(4)28-43-20-22-45(33)63-58(72)61(57(71)62(43)63)42-16-12-11-13-17-42/h11-13,16-17,20,22,26,28,33-35,37,39-41,43-46,48-53,64,66-67,73H,14-15,18-19,21,23-25,27,29-32H2,1-10H3/b36-28+,38-26+/t33-,34+,35+,37+,39+,40-,41+,43?,44-,45?,46+,48-,49-,50+,51?,52+,53-,59+/m0/s1. The van der Waals surface area contributed by atoms with Crippen molar-refractivity contribution in [2.45, 2.75) is 186 Å². The van der Waals surface area contributed by atoms with Gasteiger partial charge in [-0.2, -0.15) is 0 Å². The van der Waals surface area contributed by atoms with Gasteiger partial charge >= 0.3 is 17.3 Å². The summed E-state index contributed by atoms with van der Waals surface area (Å²) >= 11 is 0. The van der Waals surface area contributed by atoms with Crippen molar-refractivity contribution in [3.63, 3.8) is 0 Å². The lowest BCUT2D eigenvalue weighted by Crippen LogP contribution is -2.59. The number of aliphatic hydroxyl groups excluding tert-OH is 3. The number of carbonyl (C=O) groups is 4. The Hall–Kier alpha value is -4.86. The Morgan fingerprint density at radius 3 is 2.17 bits per heavy atom. The molecule has 8 rings (SSSR count). The Bertz CT molecular complexity index is 2640. The Morgan fingerprint density at radius 2 is 1.49 bits per heavy atom. The van der Waals surface area contributed by atoms with Crippen LogP contribution in [0.1, 0.15) is 131 Å². The van der Waals surface area contributed by atoms with E-state index in [1.165, 1.54) is 28.5 Å². The zero-order valence-electron chi connectivity index (χ0n) is 47.3. The molecular weight excluding hydrogens is 1000 g/mol. The monoisotopic (exact) mass is 1090 g/mol. The maximum absolute atomic E-state index is 14.6. The second-order valence-electron chi connectivity index (χ2n) is 23.4. The average molecular weight is 1090 g/mol. The number of esters is 1. The first-order valence-corrected chi connectivity index (χ1v) is 28.2. The quantitative estimate of drug-likeness (QED) is 0.158. The normalized spacial score (nSPS) is 38.1. The fraction of sp³-hybridized carbons (Fsp3) is 0.695. The molecule has 18 atom stereocenters. The molecule has 1 aliphatic carbocycles. The molecule has 1 saturated carbocycles. The van der Waals surface area contributed by atoms with E-state index < -0.39 is 113 Å². The summed E-state index contributed by atoms with van der Waals surface area (Å²) in [4.78, 5) is 87.5. The first kappa shape index (κ1) is 60.8. The van der Waals surface area contributed by atoms with Gasteiger partial charge in [0.2, 0.25) is 5.79 Å². The molecular formula is C59H86N4O15. The van der Waals surface area contributed by atoms with Crippen molar-refractivity contribution in [3.05, 3.63) is 86.8 Å². The van der Waals surface area contributed by atoms with Gasteiger partial charge in [-0.3, -0.25) is 19.2 Å². The Morgan fingerprint density at radius 1 is 0.782 bits per heavy atom. The molecule has 5 aliphatic heterocycles. The predicted molar refractivity (Wildman–Crippen MR) is 289 cm³/mol. The molecule has 3 unspecified atom stereocenters. The molecule has 3 fully saturated rings. The van der Waals surface area contributed by atoms with Gasteiger partial charge in [0, 0.05) is 59.1 Å². The highest BCUT2D eigenvalue weighted by Gasteiger charge is 2.52. The van der Waals surface area contributed by atoms with Gasteiger partial charge < -0.3 is 49.0 Å². The van der Waals surface area contributed by atoms with Crippen molar-refractivity contribution in [2.24, 2.45) is 41.4 Å². The third-order valence-electron chi connectivity index (χ3n) is 17.8. The van der Waals surface area contributed by atoms with Gasteiger partial charge in [-0.15, -0.1) is 0 Å². The van der Waals surface area contributed by atoms with Crippen molar-refractivity contribution < 1.29 is 63.3 Å². The lowest BCUT2D eigenvalue weighted by Gasteiger charge is -2.42. The van der Waals surface area contributed by atoms with Crippen molar-refractivity contribution in [1.29, 1.82) is 0 Å². The lowest BCUT2D eigenvalue weighted by atomic mass is 9.78. The molecule has 6 heterocycles. The highest BCUT2D eigenvalue weighted by atomic mass is 16.6. The number of para-hydroxylation sites is 1. The molecule has 6 aliphatic rings. The van der Waals surface area contributed by atoms with Crippen LogP contribution >= 0.6 is 0 Å². The van der Waals surface area contributed by atoms with Crippen molar-refractivity contribution in [1.82, 2.24) is 18.8 Å². The summed E-state index contributed by atoms with van der Waals surface area (Å²) in [6.07, 6.45) is 4.52. The van der Waals surface area contributed by atoms with Crippen molar-refractivity contribution in [3.8, 4) is 5.69 Å². The number of fused-ring (bicyclic) bond motifs is 15. The van der Waals surface area contributed by atoms with E-state index in [-0.39, 0.29) is 55.6 Å². The summed E-state index contributed by atoms with van der Waals surface area (Å²) in [6, 6.07) is 7.22. The average Bonchev–Trinajstić information content (AvgIpc) is 3.81. The van der Waals surface area contributed by atoms with Crippen LogP contribution in [0.5, 0.6) is 0 Å². The zero-order valence-corrected chi connectivity index (χ0v) is 47.3. The first-order valence-electron chi connectivity index (χ1n) is 28.2. The van der Waals surface area contributed by atoms with E-state index in [1.54, 1.807) is 64.3 Å². The lowest BCUT2D eigenvalue weighted by molar-refractivity contribution is -0.265. The number of Topliss-reactive ketones (excluding diaryl/α,β-unsaturated/α-hetero) is 2. The molecule has 19 nitrogen and oxygen atoms in total. The minimum absolute atomic E-state index is 0.113. The summed E-state index contributed by atoms with van der Waals surface area (Å²) < 4.78 is 33.9. The first-order chi connectivity index (χ1) is 37.0. The van der Waals surface area contributed by atoms with Crippen LogP contribution in [0.3, 0.4) is 0 Å². The SMILES string of the molecule is CO[C@H]1C[C@@H]2CC[C@@H](C)[C@@](O)(O2)C(=O)C(=O)N2CCC[C@H](C2)C(=O)O[C@H]([C@H](C)C[C@@H]2CC[C@@H](O)[C@H](OC)C2)CC(=O)[C@H](C)/C=C(\C)[C@@H](O)[C@@H](OC)C(O)[C@H](C)C[C@H](C)C2C=CC(/C=C/1C)n1c(=O)n(-c3ccccc3)c(=O)n12. The maximum atomic E-state index is 14.6. The van der Waals surface area contributed by atoms with Crippen LogP contribution in [-0.4, -0.2) is 152 Å². The van der Waals surface area contributed by atoms with E-state index in [0.717, 1.165) is 11.0 Å².